The van der Waals surface area contributed by atoms with Crippen molar-refractivity contribution in [2.75, 3.05) is 0 Å². The minimum absolute atomic E-state index is 0. The first-order valence-electron chi connectivity index (χ1n) is 3.54. The topological polar surface area (TPSA) is 149 Å². The standard InChI is InChI=1S/C6H6O8S2.2Na.2H/c7-4-1-3(15(9,10)11)2-5(6(4)8)16(12,13)14;;;;/h1-2,7-8H,(H,9,10,11)(H,12,13,14);;;;/q;2*+1;2*-1. The Bertz CT molecular complexity index is 645. The molecule has 0 aromatic heterocycles. The second-order valence-electron chi connectivity index (χ2n) is 2.74. The van der Waals surface area contributed by atoms with Gasteiger partial charge >= 0.3 is 59.1 Å². The average molecular weight is 318 g/mol. The molecule has 0 atom stereocenters. The Balaban J connectivity index is -0.000000320. The SMILES string of the molecule is O=S(=O)(O)c1cc(O)c(O)c(S(=O)(=O)O)c1.[H-].[H-].[Na+].[Na+]. The minimum atomic E-state index is -4.92. The van der Waals surface area contributed by atoms with Crippen LogP contribution in [0.1, 0.15) is 2.85 Å². The Kier molecular flexibility index (Phi) is 8.01. The van der Waals surface area contributed by atoms with Crippen LogP contribution in [-0.4, -0.2) is 36.2 Å². The van der Waals surface area contributed by atoms with Crippen LogP contribution in [0, 0.1) is 0 Å². The molecule has 0 saturated carbocycles. The van der Waals surface area contributed by atoms with E-state index in [0.29, 0.717) is 12.1 Å². The fourth-order valence-corrected chi connectivity index (χ4v) is 2.14. The second kappa shape index (κ2) is 6.88. The number of benzene rings is 1. The summed E-state index contributed by atoms with van der Waals surface area (Å²) >= 11 is 0. The van der Waals surface area contributed by atoms with Crippen LogP contribution in [0.5, 0.6) is 11.5 Å². The summed E-state index contributed by atoms with van der Waals surface area (Å²) in [4.78, 5) is -2.20. The minimum Gasteiger partial charge on any atom is -1.00 e. The third kappa shape index (κ3) is 4.96. The molecule has 0 saturated heterocycles. The van der Waals surface area contributed by atoms with Crippen LogP contribution < -0.4 is 59.1 Å². The van der Waals surface area contributed by atoms with Crippen molar-refractivity contribution in [3.63, 3.8) is 0 Å². The smallest absolute Gasteiger partial charge is 1.00 e. The second-order valence-corrected chi connectivity index (χ2v) is 5.55. The molecule has 0 radical (unpaired) electrons. The molecule has 1 rings (SSSR count). The summed E-state index contributed by atoms with van der Waals surface area (Å²) < 4.78 is 59.9. The zero-order chi connectivity index (χ0) is 12.7. The Hall–Kier alpha value is 0.640. The molecule has 0 fully saturated rings. The van der Waals surface area contributed by atoms with E-state index in [0.717, 1.165) is 0 Å². The molecule has 0 spiro atoms. The van der Waals surface area contributed by atoms with E-state index in [9.17, 15) is 16.8 Å². The van der Waals surface area contributed by atoms with Gasteiger partial charge in [0.1, 0.15) is 4.90 Å². The molecule has 0 heterocycles. The predicted molar refractivity (Wildman–Crippen MR) is 51.6 cm³/mol. The van der Waals surface area contributed by atoms with Crippen LogP contribution in [0.25, 0.3) is 0 Å². The first-order chi connectivity index (χ1) is 7.03. The van der Waals surface area contributed by atoms with Gasteiger partial charge in [0.15, 0.2) is 11.5 Å². The van der Waals surface area contributed by atoms with E-state index in [-0.39, 0.29) is 62.0 Å². The molecule has 0 aliphatic rings. The summed E-state index contributed by atoms with van der Waals surface area (Å²) in [5, 5.41) is 18.1. The van der Waals surface area contributed by atoms with E-state index in [1.54, 1.807) is 0 Å². The molecule has 0 amide bonds. The molecular weight excluding hydrogens is 310 g/mol. The quantitative estimate of drug-likeness (QED) is 0.239. The third-order valence-electron chi connectivity index (χ3n) is 1.60. The van der Waals surface area contributed by atoms with Gasteiger partial charge in [0.25, 0.3) is 20.2 Å². The molecule has 0 unspecified atom stereocenters. The van der Waals surface area contributed by atoms with Gasteiger partial charge in [-0.05, 0) is 6.07 Å². The van der Waals surface area contributed by atoms with Crippen LogP contribution in [0.3, 0.4) is 0 Å². The number of hydrogen-bond donors (Lipinski definition) is 4. The number of hydrogen-bond acceptors (Lipinski definition) is 6. The van der Waals surface area contributed by atoms with Crippen molar-refractivity contribution >= 4 is 20.2 Å². The van der Waals surface area contributed by atoms with Crippen molar-refractivity contribution in [3.8, 4) is 11.5 Å². The van der Waals surface area contributed by atoms with Gasteiger partial charge < -0.3 is 13.1 Å². The van der Waals surface area contributed by atoms with Gasteiger partial charge in [0.2, 0.25) is 0 Å². The summed E-state index contributed by atoms with van der Waals surface area (Å²) in [5.41, 5.74) is 0. The zero-order valence-electron chi connectivity index (χ0n) is 11.4. The summed E-state index contributed by atoms with van der Waals surface area (Å²) in [6.07, 6.45) is 0. The van der Waals surface area contributed by atoms with Gasteiger partial charge in [-0.2, -0.15) is 16.8 Å². The van der Waals surface area contributed by atoms with E-state index < -0.39 is 41.5 Å². The normalized spacial score (nSPS) is 11.2. The number of phenols is 2. The van der Waals surface area contributed by atoms with Crippen LogP contribution in [-0.2, 0) is 20.2 Å². The summed E-state index contributed by atoms with van der Waals surface area (Å²) in [5.74, 6) is -2.32. The Labute approximate surface area is 150 Å². The summed E-state index contributed by atoms with van der Waals surface area (Å²) in [6, 6.07) is 0.735. The summed E-state index contributed by atoms with van der Waals surface area (Å²) in [6.45, 7) is 0. The Morgan fingerprint density at radius 1 is 0.889 bits per heavy atom. The Morgan fingerprint density at radius 3 is 1.67 bits per heavy atom. The van der Waals surface area contributed by atoms with Crippen molar-refractivity contribution in [2.24, 2.45) is 0 Å². The molecular formula is C6H8Na2O8S2. The molecule has 4 N–H and O–H groups in total. The van der Waals surface area contributed by atoms with E-state index in [1.807, 2.05) is 0 Å². The first-order valence-corrected chi connectivity index (χ1v) is 6.42. The van der Waals surface area contributed by atoms with Crippen molar-refractivity contribution in [1.29, 1.82) is 0 Å². The van der Waals surface area contributed by atoms with E-state index in [4.69, 9.17) is 19.3 Å². The first kappa shape index (κ1) is 20.9. The zero-order valence-corrected chi connectivity index (χ0v) is 15.0. The maximum absolute atomic E-state index is 10.7. The largest absolute Gasteiger partial charge is 1.00 e. The van der Waals surface area contributed by atoms with E-state index in [2.05, 4.69) is 0 Å². The number of aromatic hydroxyl groups is 2. The third-order valence-corrected chi connectivity index (χ3v) is 3.30. The van der Waals surface area contributed by atoms with E-state index >= 15 is 0 Å². The molecule has 94 valence electrons. The van der Waals surface area contributed by atoms with Gasteiger partial charge in [0, 0.05) is 6.07 Å². The molecule has 12 heteroatoms. The van der Waals surface area contributed by atoms with Crippen molar-refractivity contribution in [1.82, 2.24) is 0 Å². The predicted octanol–water partition coefficient (Wildman–Crippen LogP) is -6.18. The maximum atomic E-state index is 10.7. The fraction of sp³-hybridized carbons (Fsp3) is 0. The van der Waals surface area contributed by atoms with Gasteiger partial charge in [-0.15, -0.1) is 0 Å². The molecule has 0 aliphatic carbocycles. The molecule has 18 heavy (non-hydrogen) atoms. The van der Waals surface area contributed by atoms with Crippen molar-refractivity contribution in [3.05, 3.63) is 12.1 Å². The molecule has 0 aliphatic heterocycles. The molecule has 1 aromatic rings. The molecule has 1 aromatic carbocycles. The van der Waals surface area contributed by atoms with Gasteiger partial charge in [0.05, 0.1) is 4.90 Å². The average Bonchev–Trinajstić information content (AvgIpc) is 2.05. The van der Waals surface area contributed by atoms with Crippen LogP contribution in [0.15, 0.2) is 21.9 Å². The number of phenolic OH excluding ortho intramolecular Hbond substituents is 2. The van der Waals surface area contributed by atoms with Crippen LogP contribution >= 0.6 is 0 Å². The van der Waals surface area contributed by atoms with Crippen LogP contribution in [0.4, 0.5) is 0 Å². The van der Waals surface area contributed by atoms with Crippen molar-refractivity contribution < 1.29 is 98.1 Å². The molecule has 8 nitrogen and oxygen atoms in total. The maximum Gasteiger partial charge on any atom is 1.00 e. The number of rotatable bonds is 2. The monoisotopic (exact) mass is 318 g/mol. The fourth-order valence-electron chi connectivity index (χ4n) is 0.914. The summed E-state index contributed by atoms with van der Waals surface area (Å²) in [7, 11) is -9.70. The van der Waals surface area contributed by atoms with Gasteiger partial charge in [-0.25, -0.2) is 0 Å². The van der Waals surface area contributed by atoms with Gasteiger partial charge in [-0.3, -0.25) is 9.11 Å². The van der Waals surface area contributed by atoms with Crippen LogP contribution in [0.2, 0.25) is 0 Å². The Morgan fingerprint density at radius 2 is 1.33 bits per heavy atom. The van der Waals surface area contributed by atoms with Gasteiger partial charge in [-0.1, -0.05) is 0 Å². The molecule has 0 bridgehead atoms. The van der Waals surface area contributed by atoms with E-state index in [1.165, 1.54) is 0 Å². The van der Waals surface area contributed by atoms with Crippen molar-refractivity contribution in [2.45, 2.75) is 9.79 Å².